The molecule has 190 valence electrons. The van der Waals surface area contributed by atoms with E-state index in [1.54, 1.807) is 0 Å². The lowest BCUT2D eigenvalue weighted by Gasteiger charge is -2.39. The van der Waals surface area contributed by atoms with Crippen molar-refractivity contribution in [2.45, 2.75) is 50.4 Å². The molecule has 2 aliphatic rings. The van der Waals surface area contributed by atoms with Gasteiger partial charge in [-0.3, -0.25) is 9.08 Å². The van der Waals surface area contributed by atoms with Gasteiger partial charge in [-0.2, -0.15) is 8.42 Å². The highest BCUT2D eigenvalue weighted by molar-refractivity contribution is 9.10. The van der Waals surface area contributed by atoms with Gasteiger partial charge in [0.1, 0.15) is 11.6 Å². The number of nitrogens with zero attached hydrogens (tertiary/aromatic N) is 1. The van der Waals surface area contributed by atoms with Gasteiger partial charge < -0.3 is 9.47 Å². The first-order valence-electron chi connectivity index (χ1n) is 11.3. The Hall–Kier alpha value is -1.88. The fourth-order valence-corrected chi connectivity index (χ4v) is 6.09. The number of benzene rings is 2. The summed E-state index contributed by atoms with van der Waals surface area (Å²) in [4.78, 5) is 14.6. The SMILES string of the molecule is CCCCOC(=O)N1C[C@@H](OS(C)(=O)=O)C[C@H]1[C@@]1(c2ccccc2)Cc2c(cc(F)c(Cl)c2Br)O1. The number of likely N-dealkylation sites (tertiary alicyclic amines) is 1. The third kappa shape index (κ3) is 5.30. The first kappa shape index (κ1) is 26.2. The average molecular weight is 591 g/mol. The number of amides is 1. The van der Waals surface area contributed by atoms with E-state index in [2.05, 4.69) is 15.9 Å². The van der Waals surface area contributed by atoms with Crippen molar-refractivity contribution in [3.8, 4) is 5.75 Å². The average Bonchev–Trinajstić information content (AvgIpc) is 3.40. The number of hydrogen-bond donors (Lipinski definition) is 0. The minimum Gasteiger partial charge on any atom is -0.480 e. The number of fused-ring (bicyclic) bond motifs is 1. The molecule has 4 rings (SSSR count). The molecule has 3 atom stereocenters. The van der Waals surface area contributed by atoms with Gasteiger partial charge in [-0.15, -0.1) is 0 Å². The molecule has 2 aliphatic heterocycles. The van der Waals surface area contributed by atoms with Gasteiger partial charge in [0.2, 0.25) is 0 Å². The van der Waals surface area contributed by atoms with Crippen LogP contribution in [0.3, 0.4) is 0 Å². The summed E-state index contributed by atoms with van der Waals surface area (Å²) in [5.41, 5.74) is 0.255. The van der Waals surface area contributed by atoms with Crippen molar-refractivity contribution in [3.63, 3.8) is 0 Å². The zero-order chi connectivity index (χ0) is 25.4. The number of ether oxygens (including phenoxy) is 2. The Morgan fingerprint density at radius 3 is 2.71 bits per heavy atom. The van der Waals surface area contributed by atoms with E-state index < -0.39 is 39.8 Å². The maximum atomic E-state index is 14.5. The number of halogens is 3. The van der Waals surface area contributed by atoms with E-state index >= 15 is 0 Å². The molecule has 0 spiro atoms. The molecule has 2 aromatic rings. The number of unbranched alkanes of at least 4 members (excludes halogenated alkanes) is 1. The van der Waals surface area contributed by atoms with Crippen LogP contribution in [0.5, 0.6) is 5.75 Å². The lowest BCUT2D eigenvalue weighted by Crippen LogP contribution is -2.52. The Labute approximate surface area is 217 Å². The molecule has 2 aromatic carbocycles. The maximum Gasteiger partial charge on any atom is 0.410 e. The zero-order valence-electron chi connectivity index (χ0n) is 19.3. The summed E-state index contributed by atoms with van der Waals surface area (Å²) in [5, 5.41) is -0.0586. The van der Waals surface area contributed by atoms with Gasteiger partial charge in [0, 0.05) is 28.9 Å². The Kier molecular flexibility index (Phi) is 7.66. The Morgan fingerprint density at radius 2 is 2.06 bits per heavy atom. The molecular formula is C24H26BrClFNO6S. The molecule has 35 heavy (non-hydrogen) atoms. The molecule has 0 aromatic heterocycles. The van der Waals surface area contributed by atoms with Gasteiger partial charge in [-0.1, -0.05) is 55.3 Å². The smallest absolute Gasteiger partial charge is 0.410 e. The highest BCUT2D eigenvalue weighted by atomic mass is 79.9. The van der Waals surface area contributed by atoms with Gasteiger partial charge >= 0.3 is 6.09 Å². The summed E-state index contributed by atoms with van der Waals surface area (Å²) >= 11 is 9.55. The molecular weight excluding hydrogens is 565 g/mol. The Bertz CT molecular complexity index is 1210. The van der Waals surface area contributed by atoms with Crippen LogP contribution in [-0.2, 0) is 31.1 Å². The quantitative estimate of drug-likeness (QED) is 0.243. The monoisotopic (exact) mass is 589 g/mol. The Morgan fingerprint density at radius 1 is 1.34 bits per heavy atom. The maximum absolute atomic E-state index is 14.5. The van der Waals surface area contributed by atoms with E-state index in [9.17, 15) is 17.6 Å². The second kappa shape index (κ2) is 10.2. The summed E-state index contributed by atoms with van der Waals surface area (Å²) in [6, 6.07) is 9.84. The summed E-state index contributed by atoms with van der Waals surface area (Å²) in [5.74, 6) is -0.337. The fourth-order valence-electron chi connectivity index (χ4n) is 4.77. The predicted molar refractivity (Wildman–Crippen MR) is 133 cm³/mol. The van der Waals surface area contributed by atoms with Crippen LogP contribution in [0, 0.1) is 5.82 Å². The third-order valence-corrected chi connectivity index (χ3v) is 8.38. The predicted octanol–water partition coefficient (Wildman–Crippen LogP) is 5.43. The molecule has 0 radical (unpaired) electrons. The molecule has 0 bridgehead atoms. The van der Waals surface area contributed by atoms with Crippen LogP contribution in [0.4, 0.5) is 9.18 Å². The van der Waals surface area contributed by atoms with Gasteiger partial charge in [-0.25, -0.2) is 9.18 Å². The minimum atomic E-state index is -3.77. The molecule has 2 heterocycles. The molecule has 0 saturated carbocycles. The van der Waals surface area contributed by atoms with E-state index in [1.807, 2.05) is 37.3 Å². The minimum absolute atomic E-state index is 0.00721. The van der Waals surface area contributed by atoms with Crippen LogP contribution in [-0.4, -0.2) is 51.0 Å². The first-order chi connectivity index (χ1) is 16.6. The summed E-state index contributed by atoms with van der Waals surface area (Å²) < 4.78 is 55.9. The van der Waals surface area contributed by atoms with E-state index in [-0.39, 0.29) is 31.0 Å². The van der Waals surface area contributed by atoms with E-state index in [0.717, 1.165) is 18.2 Å². The molecule has 1 amide bonds. The summed E-state index contributed by atoms with van der Waals surface area (Å²) in [6.07, 6.45) is 1.59. The molecule has 1 saturated heterocycles. The first-order valence-corrected chi connectivity index (χ1v) is 14.3. The summed E-state index contributed by atoms with van der Waals surface area (Å²) in [7, 11) is -3.77. The van der Waals surface area contributed by atoms with Crippen molar-refractivity contribution < 1.29 is 31.3 Å². The van der Waals surface area contributed by atoms with Crippen LogP contribution in [0.15, 0.2) is 40.9 Å². The lowest BCUT2D eigenvalue weighted by molar-refractivity contribution is -0.000396. The van der Waals surface area contributed by atoms with Gasteiger partial charge in [0.25, 0.3) is 10.1 Å². The normalized spacial score (nSPS) is 23.7. The molecule has 11 heteroatoms. The van der Waals surface area contributed by atoms with Crippen molar-refractivity contribution in [1.82, 2.24) is 4.90 Å². The van der Waals surface area contributed by atoms with Crippen molar-refractivity contribution in [1.29, 1.82) is 0 Å². The number of carbonyl (C=O) groups excluding carboxylic acids is 1. The highest BCUT2D eigenvalue weighted by Crippen LogP contribution is 2.51. The van der Waals surface area contributed by atoms with E-state index in [4.69, 9.17) is 25.3 Å². The number of rotatable bonds is 7. The van der Waals surface area contributed by atoms with Crippen molar-refractivity contribution in [2.24, 2.45) is 0 Å². The zero-order valence-corrected chi connectivity index (χ0v) is 22.5. The fraction of sp³-hybridized carbons (Fsp3) is 0.458. The number of hydrogen-bond acceptors (Lipinski definition) is 6. The second-order valence-corrected chi connectivity index (χ2v) is 11.6. The molecule has 7 nitrogen and oxygen atoms in total. The Balaban J connectivity index is 1.79. The van der Waals surface area contributed by atoms with Crippen LogP contribution in [0.25, 0.3) is 0 Å². The molecule has 0 N–H and O–H groups in total. The van der Waals surface area contributed by atoms with Gasteiger partial charge in [0.15, 0.2) is 5.60 Å². The topological polar surface area (TPSA) is 82.1 Å². The van der Waals surface area contributed by atoms with Crippen LogP contribution >= 0.6 is 27.5 Å². The molecule has 1 fully saturated rings. The third-order valence-electron chi connectivity index (χ3n) is 6.29. The molecule has 0 unspecified atom stereocenters. The lowest BCUT2D eigenvalue weighted by atomic mass is 9.81. The van der Waals surface area contributed by atoms with Gasteiger partial charge in [0.05, 0.1) is 36.6 Å². The van der Waals surface area contributed by atoms with Crippen molar-refractivity contribution in [2.75, 3.05) is 19.4 Å². The standard InChI is InChI=1S/C24H26BrClFNO6S/c1-3-4-10-32-23(29)28-14-16(34-35(2,30)31)11-20(28)24(15-8-6-5-7-9-15)13-17-19(33-24)12-18(27)22(26)21(17)25/h5-9,12,16,20H,3-4,10-11,13-14H2,1-2H3/t16-,20-,24-/m0/s1. The van der Waals surface area contributed by atoms with Crippen molar-refractivity contribution >= 4 is 43.7 Å². The van der Waals surface area contributed by atoms with Crippen LogP contribution in [0.2, 0.25) is 5.02 Å². The largest absolute Gasteiger partial charge is 0.480 e. The van der Waals surface area contributed by atoms with Crippen LogP contribution in [0.1, 0.15) is 37.3 Å². The molecule has 0 aliphatic carbocycles. The van der Waals surface area contributed by atoms with E-state index in [1.165, 1.54) is 11.0 Å². The van der Waals surface area contributed by atoms with Crippen molar-refractivity contribution in [3.05, 3.63) is 62.8 Å². The number of carbonyl (C=O) groups is 1. The second-order valence-electron chi connectivity index (χ2n) is 8.79. The summed E-state index contributed by atoms with van der Waals surface area (Å²) in [6.45, 7) is 2.23. The van der Waals surface area contributed by atoms with Gasteiger partial charge in [-0.05, 0) is 27.9 Å². The van der Waals surface area contributed by atoms with E-state index in [0.29, 0.717) is 22.2 Å². The highest BCUT2D eigenvalue weighted by Gasteiger charge is 2.56. The van der Waals surface area contributed by atoms with Crippen LogP contribution < -0.4 is 4.74 Å².